The molecule has 27 heavy (non-hydrogen) atoms. The number of halogens is 1. The maximum absolute atomic E-state index is 6.12. The Morgan fingerprint density at radius 3 is 2.48 bits per heavy atom. The molecule has 2 aromatic heterocycles. The van der Waals surface area contributed by atoms with Gasteiger partial charge in [-0.1, -0.05) is 17.7 Å². The Labute approximate surface area is 163 Å². The van der Waals surface area contributed by atoms with Crippen LogP contribution in [0.2, 0.25) is 5.02 Å². The molecule has 3 heterocycles. The Bertz CT molecular complexity index is 880. The first-order chi connectivity index (χ1) is 13.3. The summed E-state index contributed by atoms with van der Waals surface area (Å²) < 4.78 is 0. The molecule has 1 saturated heterocycles. The molecule has 3 aromatic rings. The quantitative estimate of drug-likeness (QED) is 0.731. The molecule has 0 radical (unpaired) electrons. The molecule has 1 aliphatic heterocycles. The van der Waals surface area contributed by atoms with E-state index < -0.39 is 0 Å². The third kappa shape index (κ3) is 4.46. The van der Waals surface area contributed by atoms with Crippen LogP contribution in [0.5, 0.6) is 0 Å². The summed E-state index contributed by atoms with van der Waals surface area (Å²) in [7, 11) is 0. The van der Waals surface area contributed by atoms with Gasteiger partial charge in [0.25, 0.3) is 0 Å². The van der Waals surface area contributed by atoms with Gasteiger partial charge in [-0.15, -0.1) is 0 Å². The fraction of sp³-hybridized carbons (Fsp3) is 0.250. The SMILES string of the molecule is Clc1cccc(N2CCN(c3cc(NCc4ccncc4)ncn3)CC2)c1. The van der Waals surface area contributed by atoms with Crippen molar-refractivity contribution in [2.45, 2.75) is 6.54 Å². The summed E-state index contributed by atoms with van der Waals surface area (Å²) in [4.78, 5) is 17.5. The van der Waals surface area contributed by atoms with Crippen LogP contribution >= 0.6 is 11.6 Å². The molecular weight excluding hydrogens is 360 g/mol. The first-order valence-electron chi connectivity index (χ1n) is 8.98. The minimum absolute atomic E-state index is 0.710. The minimum Gasteiger partial charge on any atom is -0.368 e. The van der Waals surface area contributed by atoms with Gasteiger partial charge in [0.15, 0.2) is 0 Å². The Kier molecular flexibility index (Phi) is 5.34. The monoisotopic (exact) mass is 380 g/mol. The van der Waals surface area contributed by atoms with E-state index in [1.165, 1.54) is 11.3 Å². The van der Waals surface area contributed by atoms with Crippen molar-refractivity contribution in [2.24, 2.45) is 0 Å². The summed E-state index contributed by atoms with van der Waals surface area (Å²) in [6.07, 6.45) is 5.21. The summed E-state index contributed by atoms with van der Waals surface area (Å²) in [6.45, 7) is 4.40. The third-order valence-electron chi connectivity index (χ3n) is 4.65. The number of anilines is 3. The number of rotatable bonds is 5. The lowest BCUT2D eigenvalue weighted by molar-refractivity contribution is 0.647. The van der Waals surface area contributed by atoms with Crippen molar-refractivity contribution in [3.05, 3.63) is 71.8 Å². The summed E-state index contributed by atoms with van der Waals surface area (Å²) in [5.41, 5.74) is 2.34. The predicted molar refractivity (Wildman–Crippen MR) is 109 cm³/mol. The normalized spacial score (nSPS) is 14.3. The fourth-order valence-electron chi connectivity index (χ4n) is 3.18. The molecule has 0 saturated carbocycles. The fourth-order valence-corrected chi connectivity index (χ4v) is 3.36. The van der Waals surface area contributed by atoms with Crippen LogP contribution in [0.25, 0.3) is 0 Å². The number of piperazine rings is 1. The van der Waals surface area contributed by atoms with Crippen LogP contribution in [-0.2, 0) is 6.54 Å². The lowest BCUT2D eigenvalue weighted by atomic mass is 10.2. The lowest BCUT2D eigenvalue weighted by Gasteiger charge is -2.36. The van der Waals surface area contributed by atoms with Crippen LogP contribution in [0.4, 0.5) is 17.3 Å². The standard InChI is InChI=1S/C20H21ClN6/c21-17-2-1-3-18(12-17)26-8-10-27(11-9-26)20-13-19(24-15-25-20)23-14-16-4-6-22-7-5-16/h1-7,12-13,15H,8-11,14H2,(H,23,24,25). The molecule has 0 unspecified atom stereocenters. The molecule has 1 aromatic carbocycles. The first kappa shape index (κ1) is 17.5. The van der Waals surface area contributed by atoms with Crippen LogP contribution in [0.3, 0.4) is 0 Å². The third-order valence-corrected chi connectivity index (χ3v) is 4.89. The summed E-state index contributed by atoms with van der Waals surface area (Å²) in [5.74, 6) is 1.78. The van der Waals surface area contributed by atoms with Crippen molar-refractivity contribution in [1.29, 1.82) is 0 Å². The molecule has 138 valence electrons. The van der Waals surface area contributed by atoms with Gasteiger partial charge in [0.1, 0.15) is 18.0 Å². The average molecular weight is 381 g/mol. The second-order valence-electron chi connectivity index (χ2n) is 6.42. The summed E-state index contributed by atoms with van der Waals surface area (Å²) >= 11 is 6.12. The topological polar surface area (TPSA) is 57.2 Å². The zero-order valence-corrected chi connectivity index (χ0v) is 15.7. The Morgan fingerprint density at radius 1 is 0.926 bits per heavy atom. The highest BCUT2D eigenvalue weighted by molar-refractivity contribution is 6.30. The number of pyridine rings is 1. The van der Waals surface area contributed by atoms with Crippen LogP contribution < -0.4 is 15.1 Å². The minimum atomic E-state index is 0.710. The number of aromatic nitrogens is 3. The molecule has 6 nitrogen and oxygen atoms in total. The van der Waals surface area contributed by atoms with E-state index in [-0.39, 0.29) is 0 Å². The Balaban J connectivity index is 1.37. The van der Waals surface area contributed by atoms with E-state index in [1.54, 1.807) is 18.7 Å². The van der Waals surface area contributed by atoms with Crippen molar-refractivity contribution in [1.82, 2.24) is 15.0 Å². The number of hydrogen-bond donors (Lipinski definition) is 1. The second-order valence-corrected chi connectivity index (χ2v) is 6.86. The highest BCUT2D eigenvalue weighted by atomic mass is 35.5. The van der Waals surface area contributed by atoms with Gasteiger partial charge >= 0.3 is 0 Å². The zero-order valence-electron chi connectivity index (χ0n) is 14.9. The highest BCUT2D eigenvalue weighted by Gasteiger charge is 2.19. The van der Waals surface area contributed by atoms with Crippen LogP contribution in [0.15, 0.2) is 61.2 Å². The number of benzene rings is 1. The van der Waals surface area contributed by atoms with Crippen molar-refractivity contribution >= 4 is 28.9 Å². The van der Waals surface area contributed by atoms with E-state index in [2.05, 4.69) is 36.1 Å². The largest absolute Gasteiger partial charge is 0.368 e. The van der Waals surface area contributed by atoms with Crippen molar-refractivity contribution in [3.63, 3.8) is 0 Å². The molecule has 1 fully saturated rings. The van der Waals surface area contributed by atoms with E-state index in [0.29, 0.717) is 6.54 Å². The van der Waals surface area contributed by atoms with Gasteiger partial charge < -0.3 is 15.1 Å². The molecule has 0 atom stereocenters. The molecule has 0 spiro atoms. The van der Waals surface area contributed by atoms with Gasteiger partial charge in [-0.05, 0) is 35.9 Å². The highest BCUT2D eigenvalue weighted by Crippen LogP contribution is 2.23. The molecule has 1 aliphatic rings. The van der Waals surface area contributed by atoms with Gasteiger partial charge in [-0.3, -0.25) is 4.98 Å². The maximum Gasteiger partial charge on any atom is 0.134 e. The maximum atomic E-state index is 6.12. The number of nitrogens with zero attached hydrogens (tertiary/aromatic N) is 5. The van der Waals surface area contributed by atoms with Gasteiger partial charge in [0, 0.05) is 61.9 Å². The van der Waals surface area contributed by atoms with Crippen molar-refractivity contribution < 1.29 is 0 Å². The van der Waals surface area contributed by atoms with Gasteiger partial charge in [0.05, 0.1) is 0 Å². The summed E-state index contributed by atoms with van der Waals surface area (Å²) in [6, 6.07) is 14.0. The van der Waals surface area contributed by atoms with E-state index in [9.17, 15) is 0 Å². The smallest absolute Gasteiger partial charge is 0.134 e. The van der Waals surface area contributed by atoms with E-state index in [4.69, 9.17) is 11.6 Å². The molecular formula is C20H21ClN6. The molecule has 4 rings (SSSR count). The lowest BCUT2D eigenvalue weighted by Crippen LogP contribution is -2.46. The van der Waals surface area contributed by atoms with Crippen molar-refractivity contribution in [3.8, 4) is 0 Å². The summed E-state index contributed by atoms with van der Waals surface area (Å²) in [5, 5.41) is 4.12. The van der Waals surface area contributed by atoms with E-state index in [1.807, 2.05) is 36.4 Å². The van der Waals surface area contributed by atoms with Gasteiger partial charge in [0.2, 0.25) is 0 Å². The van der Waals surface area contributed by atoms with Gasteiger partial charge in [-0.2, -0.15) is 0 Å². The molecule has 1 N–H and O–H groups in total. The average Bonchev–Trinajstić information content (AvgIpc) is 2.73. The molecule has 0 bridgehead atoms. The predicted octanol–water partition coefficient (Wildman–Crippen LogP) is 3.46. The zero-order chi connectivity index (χ0) is 18.5. The van der Waals surface area contributed by atoms with Crippen LogP contribution in [0, 0.1) is 0 Å². The van der Waals surface area contributed by atoms with E-state index in [0.717, 1.165) is 42.8 Å². The molecule has 0 aliphatic carbocycles. The van der Waals surface area contributed by atoms with Crippen molar-refractivity contribution in [2.75, 3.05) is 41.3 Å². The second kappa shape index (κ2) is 8.22. The van der Waals surface area contributed by atoms with Crippen LogP contribution in [0.1, 0.15) is 5.56 Å². The Morgan fingerprint density at radius 2 is 1.70 bits per heavy atom. The van der Waals surface area contributed by atoms with Crippen LogP contribution in [-0.4, -0.2) is 41.1 Å². The Hall–Kier alpha value is -2.86. The number of hydrogen-bond acceptors (Lipinski definition) is 6. The van der Waals surface area contributed by atoms with E-state index >= 15 is 0 Å². The number of nitrogens with one attached hydrogen (secondary N) is 1. The molecule has 0 amide bonds. The first-order valence-corrected chi connectivity index (χ1v) is 9.36. The molecule has 7 heteroatoms. The van der Waals surface area contributed by atoms with Gasteiger partial charge in [-0.25, -0.2) is 9.97 Å².